The highest BCUT2D eigenvalue weighted by Crippen LogP contribution is 2.21. The highest BCUT2D eigenvalue weighted by molar-refractivity contribution is 6.02. The standard InChI is InChI=1S/C21H27N3O/c1-2-16-9-11-18(12-10-16)24-21(25)20-14-13-19(15-22-20)23-17-7-5-3-4-6-8-17/h9-15,17,23H,2-8H2,1H3,(H,24,25). The number of aromatic nitrogens is 1. The maximum atomic E-state index is 12.3. The monoisotopic (exact) mass is 337 g/mol. The lowest BCUT2D eigenvalue weighted by Gasteiger charge is -2.17. The molecule has 0 saturated heterocycles. The summed E-state index contributed by atoms with van der Waals surface area (Å²) in [5, 5.41) is 6.45. The van der Waals surface area contributed by atoms with Crippen LogP contribution in [0, 0.1) is 0 Å². The predicted octanol–water partition coefficient (Wildman–Crippen LogP) is 5.03. The van der Waals surface area contributed by atoms with E-state index in [1.807, 2.05) is 30.3 Å². The predicted molar refractivity (Wildman–Crippen MR) is 103 cm³/mol. The van der Waals surface area contributed by atoms with Crippen molar-refractivity contribution in [2.24, 2.45) is 0 Å². The van der Waals surface area contributed by atoms with Crippen LogP contribution >= 0.6 is 0 Å². The van der Waals surface area contributed by atoms with Crippen LogP contribution in [-0.2, 0) is 6.42 Å². The van der Waals surface area contributed by atoms with E-state index in [0.29, 0.717) is 11.7 Å². The molecule has 132 valence electrons. The van der Waals surface area contributed by atoms with Gasteiger partial charge < -0.3 is 10.6 Å². The topological polar surface area (TPSA) is 54.0 Å². The lowest BCUT2D eigenvalue weighted by molar-refractivity contribution is 0.102. The van der Waals surface area contributed by atoms with Gasteiger partial charge in [-0.2, -0.15) is 0 Å². The largest absolute Gasteiger partial charge is 0.381 e. The molecule has 25 heavy (non-hydrogen) atoms. The molecule has 0 radical (unpaired) electrons. The SMILES string of the molecule is CCc1ccc(NC(=O)c2ccc(NC3CCCCCC3)cn2)cc1. The van der Waals surface area contributed by atoms with Gasteiger partial charge in [-0.1, -0.05) is 44.7 Å². The second-order valence-corrected chi connectivity index (χ2v) is 6.77. The number of benzene rings is 1. The van der Waals surface area contributed by atoms with Crippen molar-refractivity contribution in [2.75, 3.05) is 10.6 Å². The summed E-state index contributed by atoms with van der Waals surface area (Å²) in [6.45, 7) is 2.11. The fourth-order valence-corrected chi connectivity index (χ4v) is 3.29. The molecule has 3 rings (SSSR count). The Morgan fingerprint density at radius 3 is 2.28 bits per heavy atom. The molecule has 0 unspecified atom stereocenters. The van der Waals surface area contributed by atoms with Crippen molar-refractivity contribution in [1.29, 1.82) is 0 Å². The zero-order chi connectivity index (χ0) is 17.5. The van der Waals surface area contributed by atoms with E-state index >= 15 is 0 Å². The fraction of sp³-hybridized carbons (Fsp3) is 0.429. The molecule has 1 fully saturated rings. The number of anilines is 2. The number of hydrogen-bond donors (Lipinski definition) is 2. The Labute approximate surface area is 150 Å². The third-order valence-corrected chi connectivity index (χ3v) is 4.84. The quantitative estimate of drug-likeness (QED) is 0.752. The molecule has 1 aliphatic carbocycles. The summed E-state index contributed by atoms with van der Waals surface area (Å²) in [6, 6.07) is 12.2. The summed E-state index contributed by atoms with van der Waals surface area (Å²) < 4.78 is 0. The van der Waals surface area contributed by atoms with Crippen molar-refractivity contribution in [3.05, 3.63) is 53.9 Å². The number of nitrogens with zero attached hydrogens (tertiary/aromatic N) is 1. The Balaban J connectivity index is 1.57. The van der Waals surface area contributed by atoms with Crippen molar-refractivity contribution < 1.29 is 4.79 Å². The lowest BCUT2D eigenvalue weighted by atomic mass is 10.1. The zero-order valence-electron chi connectivity index (χ0n) is 14.9. The van der Waals surface area contributed by atoms with E-state index in [4.69, 9.17) is 0 Å². The van der Waals surface area contributed by atoms with Crippen LogP contribution in [0.3, 0.4) is 0 Å². The molecule has 0 bridgehead atoms. The van der Waals surface area contributed by atoms with Gasteiger partial charge in [0, 0.05) is 11.7 Å². The van der Waals surface area contributed by atoms with Crippen LogP contribution in [0.4, 0.5) is 11.4 Å². The number of nitrogens with one attached hydrogen (secondary N) is 2. The van der Waals surface area contributed by atoms with E-state index < -0.39 is 0 Å². The van der Waals surface area contributed by atoms with Gasteiger partial charge in [-0.15, -0.1) is 0 Å². The Hall–Kier alpha value is -2.36. The van der Waals surface area contributed by atoms with E-state index in [2.05, 4.69) is 22.5 Å². The van der Waals surface area contributed by atoms with E-state index in [9.17, 15) is 4.79 Å². The van der Waals surface area contributed by atoms with Gasteiger partial charge in [0.15, 0.2) is 0 Å². The van der Waals surface area contributed by atoms with Crippen LogP contribution in [0.1, 0.15) is 61.5 Å². The van der Waals surface area contributed by atoms with Crippen LogP contribution in [-0.4, -0.2) is 16.9 Å². The van der Waals surface area contributed by atoms with Crippen LogP contribution in [0.2, 0.25) is 0 Å². The first-order valence-corrected chi connectivity index (χ1v) is 9.37. The molecule has 1 aliphatic rings. The minimum Gasteiger partial charge on any atom is -0.381 e. The maximum absolute atomic E-state index is 12.3. The molecule has 1 aromatic carbocycles. The summed E-state index contributed by atoms with van der Waals surface area (Å²) in [6.07, 6.45) is 10.5. The van der Waals surface area contributed by atoms with Gasteiger partial charge in [0.1, 0.15) is 5.69 Å². The molecular weight excluding hydrogens is 310 g/mol. The van der Waals surface area contributed by atoms with Crippen LogP contribution < -0.4 is 10.6 Å². The molecule has 2 N–H and O–H groups in total. The minimum atomic E-state index is -0.176. The summed E-state index contributed by atoms with van der Waals surface area (Å²) in [5.41, 5.74) is 3.48. The third-order valence-electron chi connectivity index (χ3n) is 4.84. The smallest absolute Gasteiger partial charge is 0.274 e. The van der Waals surface area contributed by atoms with Gasteiger partial charge in [0.2, 0.25) is 0 Å². The molecule has 1 aromatic heterocycles. The van der Waals surface area contributed by atoms with E-state index in [1.165, 1.54) is 44.1 Å². The van der Waals surface area contributed by atoms with Crippen molar-refractivity contribution in [3.8, 4) is 0 Å². The van der Waals surface area contributed by atoms with Gasteiger partial charge in [0.25, 0.3) is 5.91 Å². The third kappa shape index (κ3) is 5.05. The van der Waals surface area contributed by atoms with Crippen molar-refractivity contribution >= 4 is 17.3 Å². The molecule has 4 nitrogen and oxygen atoms in total. The lowest BCUT2D eigenvalue weighted by Crippen LogP contribution is -2.19. The van der Waals surface area contributed by atoms with Gasteiger partial charge in [0.05, 0.1) is 11.9 Å². The van der Waals surface area contributed by atoms with Crippen molar-refractivity contribution in [1.82, 2.24) is 4.98 Å². The Morgan fingerprint density at radius 2 is 1.68 bits per heavy atom. The van der Waals surface area contributed by atoms with Crippen molar-refractivity contribution in [3.63, 3.8) is 0 Å². The molecule has 1 heterocycles. The number of pyridine rings is 1. The minimum absolute atomic E-state index is 0.176. The number of rotatable bonds is 5. The zero-order valence-corrected chi connectivity index (χ0v) is 14.9. The molecule has 1 saturated carbocycles. The van der Waals surface area contributed by atoms with E-state index in [1.54, 1.807) is 12.3 Å². The highest BCUT2D eigenvalue weighted by Gasteiger charge is 2.13. The molecule has 4 heteroatoms. The molecule has 0 atom stereocenters. The maximum Gasteiger partial charge on any atom is 0.274 e. The number of carbonyl (C=O) groups is 1. The Kier molecular flexibility index (Phi) is 6.04. The number of carbonyl (C=O) groups excluding carboxylic acids is 1. The van der Waals surface area contributed by atoms with Crippen LogP contribution in [0.25, 0.3) is 0 Å². The number of aryl methyl sites for hydroxylation is 1. The van der Waals surface area contributed by atoms with Gasteiger partial charge >= 0.3 is 0 Å². The summed E-state index contributed by atoms with van der Waals surface area (Å²) in [7, 11) is 0. The molecule has 0 aliphatic heterocycles. The highest BCUT2D eigenvalue weighted by atomic mass is 16.1. The molecular formula is C21H27N3O. The van der Waals surface area contributed by atoms with Crippen LogP contribution in [0.5, 0.6) is 0 Å². The molecule has 0 spiro atoms. The fourth-order valence-electron chi connectivity index (χ4n) is 3.29. The summed E-state index contributed by atoms with van der Waals surface area (Å²) in [5.74, 6) is -0.176. The Morgan fingerprint density at radius 1 is 1.00 bits per heavy atom. The average Bonchev–Trinajstić information content (AvgIpc) is 2.91. The number of hydrogen-bond acceptors (Lipinski definition) is 3. The summed E-state index contributed by atoms with van der Waals surface area (Å²) >= 11 is 0. The first-order chi connectivity index (χ1) is 12.2. The molecule has 1 amide bonds. The molecule has 2 aromatic rings. The average molecular weight is 337 g/mol. The second kappa shape index (κ2) is 8.65. The van der Waals surface area contributed by atoms with Gasteiger partial charge in [-0.25, -0.2) is 4.98 Å². The first kappa shape index (κ1) is 17.5. The Bertz CT molecular complexity index is 671. The normalized spacial score (nSPS) is 15.4. The summed E-state index contributed by atoms with van der Waals surface area (Å²) in [4.78, 5) is 16.6. The van der Waals surface area contributed by atoms with E-state index in [-0.39, 0.29) is 5.91 Å². The van der Waals surface area contributed by atoms with Crippen molar-refractivity contribution in [2.45, 2.75) is 57.9 Å². The number of amides is 1. The first-order valence-electron chi connectivity index (χ1n) is 9.37. The van der Waals surface area contributed by atoms with Gasteiger partial charge in [-0.3, -0.25) is 4.79 Å². The van der Waals surface area contributed by atoms with Crippen LogP contribution in [0.15, 0.2) is 42.6 Å². The second-order valence-electron chi connectivity index (χ2n) is 6.77. The van der Waals surface area contributed by atoms with E-state index in [0.717, 1.165) is 17.8 Å². The van der Waals surface area contributed by atoms with Gasteiger partial charge in [-0.05, 0) is 49.1 Å².